The van der Waals surface area contributed by atoms with Crippen LogP contribution in [0, 0.1) is 0 Å². The Morgan fingerprint density at radius 3 is 1.86 bits per heavy atom. The molecule has 2 nitrogen and oxygen atoms in total. The van der Waals surface area contributed by atoms with E-state index in [0.717, 1.165) is 24.3 Å². The number of benzene rings is 2. The van der Waals surface area contributed by atoms with E-state index in [-0.39, 0.29) is 5.56 Å². The van der Waals surface area contributed by atoms with Gasteiger partial charge in [-0.25, -0.2) is 0 Å². The first-order valence-electron chi connectivity index (χ1n) is 6.13. The van der Waals surface area contributed by atoms with Crippen LogP contribution in [-0.2, 0) is 10.6 Å². The van der Waals surface area contributed by atoms with Gasteiger partial charge in [0, 0.05) is 11.1 Å². The summed E-state index contributed by atoms with van der Waals surface area (Å²) in [5.41, 5.74) is -0.358. The van der Waals surface area contributed by atoms with Crippen molar-refractivity contribution >= 4 is 29.1 Å². The molecule has 0 saturated carbocycles. The van der Waals surface area contributed by atoms with Crippen LogP contribution in [0.3, 0.4) is 0 Å². The van der Waals surface area contributed by atoms with Crippen LogP contribution in [0.25, 0.3) is 0 Å². The quantitative estimate of drug-likeness (QED) is 0.631. The SMILES string of the molecule is O=C(NC(Cl)(Cl)c1ccc(C(F)(F)F)cc1)c1ccccc1. The molecule has 0 aliphatic carbocycles. The van der Waals surface area contributed by atoms with Crippen molar-refractivity contribution in [1.82, 2.24) is 5.32 Å². The first-order valence-corrected chi connectivity index (χ1v) is 6.89. The second-order valence-electron chi connectivity index (χ2n) is 4.47. The largest absolute Gasteiger partial charge is 0.416 e. The van der Waals surface area contributed by atoms with Gasteiger partial charge in [0.15, 0.2) is 0 Å². The molecule has 2 rings (SSSR count). The molecule has 0 fully saturated rings. The van der Waals surface area contributed by atoms with Gasteiger partial charge in [-0.3, -0.25) is 4.79 Å². The van der Waals surface area contributed by atoms with Crippen molar-refractivity contribution in [2.45, 2.75) is 10.6 Å². The maximum atomic E-state index is 12.5. The van der Waals surface area contributed by atoms with E-state index < -0.39 is 22.1 Å². The van der Waals surface area contributed by atoms with Crippen molar-refractivity contribution < 1.29 is 18.0 Å². The van der Waals surface area contributed by atoms with Crippen LogP contribution in [0.15, 0.2) is 54.6 Å². The Bertz CT molecular complexity index is 655. The molecular formula is C15H10Cl2F3NO. The van der Waals surface area contributed by atoms with Crippen LogP contribution in [0.2, 0.25) is 0 Å². The monoisotopic (exact) mass is 347 g/mol. The summed E-state index contributed by atoms with van der Waals surface area (Å²) in [4.78, 5) is 12.0. The number of halogens is 5. The molecule has 0 aromatic heterocycles. The van der Waals surface area contributed by atoms with Gasteiger partial charge in [-0.05, 0) is 24.3 Å². The second-order valence-corrected chi connectivity index (χ2v) is 5.80. The number of amides is 1. The minimum atomic E-state index is -4.45. The van der Waals surface area contributed by atoms with Crippen LogP contribution in [-0.4, -0.2) is 5.91 Å². The van der Waals surface area contributed by atoms with Crippen LogP contribution in [0.1, 0.15) is 21.5 Å². The van der Waals surface area contributed by atoms with E-state index in [1.807, 2.05) is 0 Å². The van der Waals surface area contributed by atoms with Gasteiger partial charge < -0.3 is 5.32 Å². The number of hydrogen-bond acceptors (Lipinski definition) is 1. The lowest BCUT2D eigenvalue weighted by molar-refractivity contribution is -0.137. The highest BCUT2D eigenvalue weighted by Crippen LogP contribution is 2.34. The van der Waals surface area contributed by atoms with E-state index in [9.17, 15) is 18.0 Å². The van der Waals surface area contributed by atoms with E-state index in [2.05, 4.69) is 5.32 Å². The predicted octanol–water partition coefficient (Wildman–Crippen LogP) is 4.72. The van der Waals surface area contributed by atoms with Gasteiger partial charge in [0.25, 0.3) is 5.91 Å². The van der Waals surface area contributed by atoms with E-state index in [0.29, 0.717) is 5.56 Å². The van der Waals surface area contributed by atoms with Crippen LogP contribution in [0.4, 0.5) is 13.2 Å². The molecule has 0 unspecified atom stereocenters. The fourth-order valence-corrected chi connectivity index (χ4v) is 2.17. The summed E-state index contributed by atoms with van der Waals surface area (Å²) < 4.78 is 35.7. The number of rotatable bonds is 3. The Kier molecular flexibility index (Phi) is 4.68. The first-order chi connectivity index (χ1) is 10.2. The Balaban J connectivity index is 2.18. The number of hydrogen-bond donors (Lipinski definition) is 1. The molecule has 0 aliphatic rings. The second kappa shape index (κ2) is 6.18. The molecule has 22 heavy (non-hydrogen) atoms. The lowest BCUT2D eigenvalue weighted by Gasteiger charge is -2.22. The molecule has 1 amide bonds. The first kappa shape index (κ1) is 16.6. The smallest absolute Gasteiger partial charge is 0.317 e. The third-order valence-corrected chi connectivity index (χ3v) is 3.51. The minimum absolute atomic E-state index is 0.133. The van der Waals surface area contributed by atoms with Gasteiger partial charge in [0.1, 0.15) is 0 Å². The summed E-state index contributed by atoms with van der Waals surface area (Å²) in [6.07, 6.45) is -4.45. The van der Waals surface area contributed by atoms with E-state index >= 15 is 0 Å². The molecular weight excluding hydrogens is 338 g/mol. The molecule has 0 atom stereocenters. The summed E-state index contributed by atoms with van der Waals surface area (Å²) in [5, 5.41) is 2.36. The van der Waals surface area contributed by atoms with Gasteiger partial charge in [-0.15, -0.1) is 0 Å². The summed E-state index contributed by atoms with van der Waals surface area (Å²) in [7, 11) is 0. The summed E-state index contributed by atoms with van der Waals surface area (Å²) in [5.74, 6) is -0.537. The van der Waals surface area contributed by atoms with Gasteiger partial charge in [-0.1, -0.05) is 53.5 Å². The van der Waals surface area contributed by atoms with Crippen molar-refractivity contribution in [3.8, 4) is 0 Å². The lowest BCUT2D eigenvalue weighted by atomic mass is 10.1. The number of alkyl halides is 5. The Morgan fingerprint density at radius 2 is 1.36 bits per heavy atom. The summed E-state index contributed by atoms with van der Waals surface area (Å²) in [6, 6.07) is 12.1. The average Bonchev–Trinajstić information content (AvgIpc) is 2.47. The zero-order chi connectivity index (χ0) is 16.4. The van der Waals surface area contributed by atoms with E-state index in [1.54, 1.807) is 30.3 Å². The summed E-state index contributed by atoms with van der Waals surface area (Å²) in [6.45, 7) is 0. The van der Waals surface area contributed by atoms with Crippen molar-refractivity contribution in [1.29, 1.82) is 0 Å². The maximum Gasteiger partial charge on any atom is 0.416 e. The molecule has 7 heteroatoms. The van der Waals surface area contributed by atoms with Crippen molar-refractivity contribution in [2.24, 2.45) is 0 Å². The highest BCUT2D eigenvalue weighted by atomic mass is 35.5. The Morgan fingerprint density at radius 1 is 0.864 bits per heavy atom. The normalized spacial score (nSPS) is 12.0. The third kappa shape index (κ3) is 3.93. The van der Waals surface area contributed by atoms with Crippen LogP contribution < -0.4 is 5.32 Å². The third-order valence-electron chi connectivity index (χ3n) is 2.88. The predicted molar refractivity (Wildman–Crippen MR) is 78.7 cm³/mol. The fourth-order valence-electron chi connectivity index (χ4n) is 1.74. The molecule has 0 radical (unpaired) electrons. The fraction of sp³-hybridized carbons (Fsp3) is 0.133. The molecule has 0 spiro atoms. The molecule has 0 bridgehead atoms. The number of nitrogens with one attached hydrogen (secondary N) is 1. The lowest BCUT2D eigenvalue weighted by Crippen LogP contribution is -2.37. The Hall–Kier alpha value is -1.72. The number of carbonyl (C=O) groups excluding carboxylic acids is 1. The van der Waals surface area contributed by atoms with Crippen molar-refractivity contribution in [3.63, 3.8) is 0 Å². The molecule has 1 N–H and O–H groups in total. The molecule has 2 aromatic carbocycles. The highest BCUT2D eigenvalue weighted by Gasteiger charge is 2.33. The molecule has 0 saturated heterocycles. The maximum absolute atomic E-state index is 12.5. The zero-order valence-electron chi connectivity index (χ0n) is 11.0. The average molecular weight is 348 g/mol. The van der Waals surface area contributed by atoms with Gasteiger partial charge in [-0.2, -0.15) is 13.2 Å². The zero-order valence-corrected chi connectivity index (χ0v) is 12.5. The molecule has 2 aromatic rings. The summed E-state index contributed by atoms with van der Waals surface area (Å²) >= 11 is 12.1. The minimum Gasteiger partial charge on any atom is -0.317 e. The van der Waals surface area contributed by atoms with Gasteiger partial charge in [0.05, 0.1) is 5.56 Å². The van der Waals surface area contributed by atoms with Crippen LogP contribution >= 0.6 is 23.2 Å². The van der Waals surface area contributed by atoms with Gasteiger partial charge >= 0.3 is 6.18 Å². The van der Waals surface area contributed by atoms with E-state index in [1.165, 1.54) is 0 Å². The Labute approximate surface area is 134 Å². The van der Waals surface area contributed by atoms with Crippen LogP contribution in [0.5, 0.6) is 0 Å². The standard InChI is InChI=1S/C15H10Cl2F3NO/c16-14(17,21-13(22)10-4-2-1-3-5-10)11-6-8-12(9-7-11)15(18,19)20/h1-9H,(H,21,22). The highest BCUT2D eigenvalue weighted by molar-refractivity contribution is 6.48. The van der Waals surface area contributed by atoms with Crippen molar-refractivity contribution in [2.75, 3.05) is 0 Å². The van der Waals surface area contributed by atoms with Gasteiger partial charge in [0.2, 0.25) is 4.46 Å². The molecule has 0 aliphatic heterocycles. The van der Waals surface area contributed by atoms with Crippen molar-refractivity contribution in [3.05, 3.63) is 71.3 Å². The molecule has 116 valence electrons. The molecule has 0 heterocycles. The topological polar surface area (TPSA) is 29.1 Å². The number of carbonyl (C=O) groups is 1. The van der Waals surface area contributed by atoms with E-state index in [4.69, 9.17) is 23.2 Å².